The maximum Gasteiger partial charge on any atom is 0.339 e. The molecule has 0 aliphatic heterocycles. The lowest BCUT2D eigenvalue weighted by Gasteiger charge is -2.17. The largest absolute Gasteiger partial charge is 0.480 e. The number of carboxylic acid groups (broad SMARTS) is 1. The van der Waals surface area contributed by atoms with E-state index in [0.29, 0.717) is 16.9 Å². The maximum atomic E-state index is 11.8. The van der Waals surface area contributed by atoms with Crippen LogP contribution in [-0.2, 0) is 4.79 Å². The van der Waals surface area contributed by atoms with Crippen LogP contribution in [0.3, 0.4) is 0 Å². The van der Waals surface area contributed by atoms with Crippen molar-refractivity contribution in [1.82, 2.24) is 5.32 Å². The molecule has 0 spiro atoms. The second-order valence-corrected chi connectivity index (χ2v) is 5.76. The molecule has 6 heteroatoms. The summed E-state index contributed by atoms with van der Waals surface area (Å²) in [5, 5.41) is 11.9. The van der Waals surface area contributed by atoms with Crippen LogP contribution in [0.4, 0.5) is 0 Å². The van der Waals surface area contributed by atoms with Crippen molar-refractivity contribution in [2.24, 2.45) is 5.92 Å². The first-order chi connectivity index (χ1) is 9.31. The summed E-state index contributed by atoms with van der Waals surface area (Å²) in [6.07, 6.45) is -0.756. The van der Waals surface area contributed by atoms with Crippen LogP contribution >= 0.6 is 15.9 Å². The van der Waals surface area contributed by atoms with Crippen molar-refractivity contribution in [3.05, 3.63) is 28.2 Å². The van der Waals surface area contributed by atoms with Crippen LogP contribution in [0, 0.1) is 5.92 Å². The molecular formula is C14H18BrNO4. The van der Waals surface area contributed by atoms with Gasteiger partial charge in [0.1, 0.15) is 11.3 Å². The van der Waals surface area contributed by atoms with Gasteiger partial charge in [0, 0.05) is 11.0 Å². The molecule has 1 aromatic rings. The monoisotopic (exact) mass is 343 g/mol. The zero-order valence-corrected chi connectivity index (χ0v) is 13.2. The minimum absolute atomic E-state index is 0.0166. The second kappa shape index (κ2) is 7.28. The van der Waals surface area contributed by atoms with Crippen molar-refractivity contribution in [3.8, 4) is 5.75 Å². The van der Waals surface area contributed by atoms with E-state index in [1.165, 1.54) is 12.1 Å². The van der Waals surface area contributed by atoms with Crippen molar-refractivity contribution in [1.29, 1.82) is 0 Å². The highest BCUT2D eigenvalue weighted by atomic mass is 79.9. The molecule has 1 atom stereocenters. The van der Waals surface area contributed by atoms with Gasteiger partial charge in [0.2, 0.25) is 0 Å². The van der Waals surface area contributed by atoms with Gasteiger partial charge in [-0.2, -0.15) is 0 Å². The predicted molar refractivity (Wildman–Crippen MR) is 79.0 cm³/mol. The number of ether oxygens (including phenoxy) is 1. The molecule has 2 N–H and O–H groups in total. The van der Waals surface area contributed by atoms with Gasteiger partial charge in [-0.15, -0.1) is 0 Å². The Morgan fingerprint density at radius 3 is 2.55 bits per heavy atom. The molecule has 0 aliphatic carbocycles. The molecule has 0 heterocycles. The lowest BCUT2D eigenvalue weighted by atomic mass is 10.2. The topological polar surface area (TPSA) is 75.6 Å². The molecule has 0 bridgehead atoms. The molecule has 5 nitrogen and oxygen atoms in total. The summed E-state index contributed by atoms with van der Waals surface area (Å²) in [5.74, 6) is -0.852. The minimum atomic E-state index is -1.10. The van der Waals surface area contributed by atoms with E-state index < -0.39 is 12.1 Å². The zero-order chi connectivity index (χ0) is 15.3. The molecule has 20 heavy (non-hydrogen) atoms. The number of hydrogen-bond acceptors (Lipinski definition) is 3. The van der Waals surface area contributed by atoms with E-state index in [1.807, 2.05) is 13.8 Å². The molecule has 1 amide bonds. The van der Waals surface area contributed by atoms with Gasteiger partial charge in [-0.1, -0.05) is 29.8 Å². The summed E-state index contributed by atoms with van der Waals surface area (Å²) in [7, 11) is 0. The molecule has 1 rings (SSSR count). The SMILES string of the molecule is CC(C)CNC(=O)C(C)Oc1ccc(Br)cc1C(=O)O. The number of carbonyl (C=O) groups is 2. The third-order valence-electron chi connectivity index (χ3n) is 2.53. The number of carboxylic acids is 1. The van der Waals surface area contributed by atoms with Gasteiger partial charge in [-0.25, -0.2) is 4.79 Å². The first-order valence-electron chi connectivity index (χ1n) is 6.28. The van der Waals surface area contributed by atoms with Crippen LogP contribution in [-0.4, -0.2) is 29.6 Å². The minimum Gasteiger partial charge on any atom is -0.480 e. The summed E-state index contributed by atoms with van der Waals surface area (Å²) in [4.78, 5) is 22.9. The number of benzene rings is 1. The van der Waals surface area contributed by atoms with E-state index in [2.05, 4.69) is 21.2 Å². The van der Waals surface area contributed by atoms with E-state index in [-0.39, 0.29) is 17.2 Å². The molecule has 0 aliphatic rings. The molecular weight excluding hydrogens is 326 g/mol. The molecule has 0 saturated heterocycles. The smallest absolute Gasteiger partial charge is 0.339 e. The Hall–Kier alpha value is -1.56. The van der Waals surface area contributed by atoms with Gasteiger partial charge < -0.3 is 15.2 Å². The average molecular weight is 344 g/mol. The predicted octanol–water partition coefficient (Wildman–Crippen LogP) is 2.69. The van der Waals surface area contributed by atoms with E-state index in [9.17, 15) is 9.59 Å². The van der Waals surface area contributed by atoms with Crippen LogP contribution < -0.4 is 10.1 Å². The number of hydrogen-bond donors (Lipinski definition) is 2. The Labute approximate surface area is 126 Å². The Morgan fingerprint density at radius 1 is 1.35 bits per heavy atom. The van der Waals surface area contributed by atoms with Crippen LogP contribution in [0.2, 0.25) is 0 Å². The first-order valence-corrected chi connectivity index (χ1v) is 7.07. The van der Waals surface area contributed by atoms with Crippen LogP contribution in [0.25, 0.3) is 0 Å². The Bertz CT molecular complexity index is 502. The summed E-state index contributed by atoms with van der Waals surface area (Å²) < 4.78 is 6.08. The first kappa shape index (κ1) is 16.5. The van der Waals surface area contributed by atoms with Crippen LogP contribution in [0.5, 0.6) is 5.75 Å². The molecule has 0 radical (unpaired) electrons. The van der Waals surface area contributed by atoms with Crippen molar-refractivity contribution in [3.63, 3.8) is 0 Å². The van der Waals surface area contributed by atoms with Crippen molar-refractivity contribution in [2.45, 2.75) is 26.9 Å². The third kappa shape index (κ3) is 4.85. The number of aromatic carboxylic acids is 1. The highest BCUT2D eigenvalue weighted by Gasteiger charge is 2.19. The molecule has 1 aromatic carbocycles. The summed E-state index contributed by atoms with van der Waals surface area (Å²) >= 11 is 3.20. The Morgan fingerprint density at radius 2 is 2.00 bits per heavy atom. The number of nitrogens with one attached hydrogen (secondary N) is 1. The van der Waals surface area contributed by atoms with Gasteiger partial charge in [0.05, 0.1) is 0 Å². The van der Waals surface area contributed by atoms with Gasteiger partial charge in [0.15, 0.2) is 6.10 Å². The van der Waals surface area contributed by atoms with E-state index in [0.717, 1.165) is 0 Å². The number of halogens is 1. The van der Waals surface area contributed by atoms with E-state index in [4.69, 9.17) is 9.84 Å². The zero-order valence-electron chi connectivity index (χ0n) is 11.6. The fourth-order valence-electron chi connectivity index (χ4n) is 1.46. The summed E-state index contributed by atoms with van der Waals surface area (Å²) in [6.45, 7) is 6.12. The van der Waals surface area contributed by atoms with E-state index >= 15 is 0 Å². The van der Waals surface area contributed by atoms with Gasteiger partial charge in [-0.05, 0) is 31.0 Å². The average Bonchev–Trinajstić information content (AvgIpc) is 2.37. The molecule has 0 aromatic heterocycles. The van der Waals surface area contributed by atoms with Gasteiger partial charge >= 0.3 is 5.97 Å². The van der Waals surface area contributed by atoms with Crippen molar-refractivity contribution < 1.29 is 19.4 Å². The molecule has 110 valence electrons. The Balaban J connectivity index is 2.77. The second-order valence-electron chi connectivity index (χ2n) is 4.84. The third-order valence-corrected chi connectivity index (χ3v) is 3.02. The molecule has 0 saturated carbocycles. The summed E-state index contributed by atoms with van der Waals surface area (Å²) in [6, 6.07) is 4.64. The fraction of sp³-hybridized carbons (Fsp3) is 0.429. The molecule has 0 fully saturated rings. The van der Waals surface area contributed by atoms with Crippen LogP contribution in [0.1, 0.15) is 31.1 Å². The fourth-order valence-corrected chi connectivity index (χ4v) is 1.83. The summed E-state index contributed by atoms with van der Waals surface area (Å²) in [5.41, 5.74) is 0.0166. The lowest BCUT2D eigenvalue weighted by Crippen LogP contribution is -2.38. The van der Waals surface area contributed by atoms with E-state index in [1.54, 1.807) is 13.0 Å². The quantitative estimate of drug-likeness (QED) is 0.832. The highest BCUT2D eigenvalue weighted by Crippen LogP contribution is 2.24. The standard InChI is InChI=1S/C14H18BrNO4/c1-8(2)7-16-13(17)9(3)20-12-5-4-10(15)6-11(12)14(18)19/h4-6,8-9H,7H2,1-3H3,(H,16,17)(H,18,19). The number of carbonyl (C=O) groups excluding carboxylic acids is 1. The normalized spacial score (nSPS) is 12.1. The highest BCUT2D eigenvalue weighted by molar-refractivity contribution is 9.10. The Kier molecular flexibility index (Phi) is 6.01. The maximum absolute atomic E-state index is 11.8. The van der Waals surface area contributed by atoms with Gasteiger partial charge in [0.25, 0.3) is 5.91 Å². The number of amides is 1. The lowest BCUT2D eigenvalue weighted by molar-refractivity contribution is -0.127. The van der Waals surface area contributed by atoms with Crippen LogP contribution in [0.15, 0.2) is 22.7 Å². The van der Waals surface area contributed by atoms with Gasteiger partial charge in [-0.3, -0.25) is 4.79 Å². The van der Waals surface area contributed by atoms with Crippen molar-refractivity contribution in [2.75, 3.05) is 6.54 Å². The number of rotatable bonds is 6. The van der Waals surface area contributed by atoms with Crippen molar-refractivity contribution >= 4 is 27.8 Å². The molecule has 1 unspecified atom stereocenters.